The molecular weight excluding hydrogens is 397 g/mol. The van der Waals surface area contributed by atoms with E-state index in [1.807, 2.05) is 13.8 Å². The summed E-state index contributed by atoms with van der Waals surface area (Å²) < 4.78 is 5.52. The second-order valence-corrected chi connectivity index (χ2v) is 5.90. The van der Waals surface area contributed by atoms with Gasteiger partial charge in [-0.15, -0.1) is 5.26 Å². The van der Waals surface area contributed by atoms with Crippen molar-refractivity contribution in [1.29, 1.82) is 5.26 Å². The highest BCUT2D eigenvalue weighted by molar-refractivity contribution is 9.10. The summed E-state index contributed by atoms with van der Waals surface area (Å²) in [6.07, 6.45) is 4.60. The summed E-state index contributed by atoms with van der Waals surface area (Å²) in [5, 5.41) is 9.87. The molecule has 110 valence electrons. The number of rotatable bonds is 3. The molecule has 2 rings (SSSR count). The van der Waals surface area contributed by atoms with Crippen molar-refractivity contribution in [3.8, 4) is 12.0 Å². The Morgan fingerprint density at radius 2 is 1.86 bits per heavy atom. The quantitative estimate of drug-likeness (QED) is 0.491. The molecule has 0 amide bonds. The molecule has 0 atom stereocenters. The standard InChI is InChI=1S/C11H4BrCl2N3OS.C2H6/c12-7-1-8(14)9(18-5-15)2-10(7)19-11-16-3-6(13)4-17-11;1-2/h1-4H;1-2H3. The van der Waals surface area contributed by atoms with Gasteiger partial charge in [0.2, 0.25) is 0 Å². The van der Waals surface area contributed by atoms with Crippen LogP contribution in [-0.4, -0.2) is 9.97 Å². The van der Waals surface area contributed by atoms with Crippen molar-refractivity contribution in [2.75, 3.05) is 0 Å². The minimum absolute atomic E-state index is 0.281. The predicted octanol–water partition coefficient (Wildman–Crippen LogP) is 5.58. The van der Waals surface area contributed by atoms with E-state index in [0.29, 0.717) is 15.2 Å². The van der Waals surface area contributed by atoms with Crippen LogP contribution in [0.2, 0.25) is 10.0 Å². The molecule has 4 nitrogen and oxygen atoms in total. The van der Waals surface area contributed by atoms with Crippen LogP contribution in [0.5, 0.6) is 5.75 Å². The molecule has 0 fully saturated rings. The van der Waals surface area contributed by atoms with Gasteiger partial charge < -0.3 is 4.74 Å². The molecule has 0 N–H and O–H groups in total. The van der Waals surface area contributed by atoms with E-state index in [0.717, 1.165) is 9.37 Å². The maximum Gasteiger partial charge on any atom is 0.292 e. The normalized spacial score (nSPS) is 9.33. The molecule has 0 spiro atoms. The van der Waals surface area contributed by atoms with Gasteiger partial charge in [0.05, 0.1) is 22.4 Å². The number of hydrogen-bond acceptors (Lipinski definition) is 5. The molecule has 0 bridgehead atoms. The Morgan fingerprint density at radius 1 is 1.24 bits per heavy atom. The maximum atomic E-state index is 8.54. The van der Waals surface area contributed by atoms with Gasteiger partial charge in [-0.1, -0.05) is 37.0 Å². The van der Waals surface area contributed by atoms with Gasteiger partial charge in [0, 0.05) is 9.37 Å². The van der Waals surface area contributed by atoms with Crippen LogP contribution < -0.4 is 4.74 Å². The van der Waals surface area contributed by atoms with E-state index in [1.54, 1.807) is 18.4 Å². The number of ether oxygens (including phenoxy) is 1. The van der Waals surface area contributed by atoms with Crippen molar-refractivity contribution in [2.45, 2.75) is 23.9 Å². The smallest absolute Gasteiger partial charge is 0.292 e. The fourth-order valence-corrected chi connectivity index (χ4v) is 2.92. The molecular formula is C13H10BrCl2N3OS. The Morgan fingerprint density at radius 3 is 2.43 bits per heavy atom. The zero-order chi connectivity index (χ0) is 15.8. The van der Waals surface area contributed by atoms with Gasteiger partial charge in [0.25, 0.3) is 6.26 Å². The fourth-order valence-electron chi connectivity index (χ4n) is 1.17. The highest BCUT2D eigenvalue weighted by Crippen LogP contribution is 2.38. The number of hydrogen-bond donors (Lipinski definition) is 0. The average Bonchev–Trinajstić information content (AvgIpc) is 2.48. The van der Waals surface area contributed by atoms with E-state index in [1.165, 1.54) is 24.2 Å². The van der Waals surface area contributed by atoms with Gasteiger partial charge in [-0.2, -0.15) is 0 Å². The van der Waals surface area contributed by atoms with Crippen LogP contribution in [0.4, 0.5) is 0 Å². The Balaban J connectivity index is 0.00000106. The van der Waals surface area contributed by atoms with Crippen LogP contribution in [0.1, 0.15) is 13.8 Å². The highest BCUT2D eigenvalue weighted by atomic mass is 79.9. The summed E-state index contributed by atoms with van der Waals surface area (Å²) in [5.74, 6) is 0.281. The molecule has 2 aromatic rings. The molecule has 0 aliphatic rings. The van der Waals surface area contributed by atoms with E-state index in [4.69, 9.17) is 33.2 Å². The van der Waals surface area contributed by atoms with E-state index >= 15 is 0 Å². The summed E-state index contributed by atoms with van der Waals surface area (Å²) in [6, 6.07) is 3.28. The van der Waals surface area contributed by atoms with Crippen molar-refractivity contribution < 1.29 is 4.74 Å². The first-order valence-corrected chi connectivity index (χ1v) is 8.17. The Labute approximate surface area is 145 Å². The van der Waals surface area contributed by atoms with Gasteiger partial charge in [-0.25, -0.2) is 9.97 Å². The summed E-state index contributed by atoms with van der Waals surface area (Å²) in [4.78, 5) is 8.92. The molecule has 0 saturated carbocycles. The molecule has 21 heavy (non-hydrogen) atoms. The molecule has 1 aromatic heterocycles. The van der Waals surface area contributed by atoms with Crippen LogP contribution in [0, 0.1) is 11.5 Å². The first kappa shape index (κ1) is 18.1. The third-order valence-electron chi connectivity index (χ3n) is 1.94. The van der Waals surface area contributed by atoms with Gasteiger partial charge in [0.15, 0.2) is 10.9 Å². The lowest BCUT2D eigenvalue weighted by molar-refractivity contribution is 0.506. The van der Waals surface area contributed by atoms with Crippen LogP contribution >= 0.6 is 50.9 Å². The van der Waals surface area contributed by atoms with Crippen molar-refractivity contribution in [3.05, 3.63) is 39.0 Å². The average molecular weight is 407 g/mol. The Hall–Kier alpha value is -1.000. The lowest BCUT2D eigenvalue weighted by atomic mass is 10.3. The minimum atomic E-state index is 0.281. The number of benzene rings is 1. The van der Waals surface area contributed by atoms with Crippen molar-refractivity contribution in [2.24, 2.45) is 0 Å². The third-order valence-corrected chi connectivity index (χ3v) is 4.30. The van der Waals surface area contributed by atoms with E-state index in [-0.39, 0.29) is 5.75 Å². The van der Waals surface area contributed by atoms with Crippen molar-refractivity contribution in [1.82, 2.24) is 9.97 Å². The molecule has 0 aliphatic carbocycles. The Bertz CT molecular complexity index is 647. The van der Waals surface area contributed by atoms with E-state index < -0.39 is 0 Å². The van der Waals surface area contributed by atoms with E-state index in [9.17, 15) is 0 Å². The number of halogens is 3. The third kappa shape index (κ3) is 5.36. The zero-order valence-corrected chi connectivity index (χ0v) is 15.0. The van der Waals surface area contributed by atoms with Gasteiger partial charge >= 0.3 is 0 Å². The lowest BCUT2D eigenvalue weighted by Crippen LogP contribution is -1.88. The summed E-state index contributed by atoms with van der Waals surface area (Å²) in [6.45, 7) is 4.00. The van der Waals surface area contributed by atoms with Gasteiger partial charge in [-0.05, 0) is 39.8 Å². The second-order valence-electron chi connectivity index (χ2n) is 3.19. The summed E-state index contributed by atoms with van der Waals surface area (Å²) in [7, 11) is 0. The molecule has 8 heteroatoms. The zero-order valence-electron chi connectivity index (χ0n) is 11.1. The highest BCUT2D eigenvalue weighted by Gasteiger charge is 2.11. The molecule has 0 radical (unpaired) electrons. The van der Waals surface area contributed by atoms with Gasteiger partial charge in [-0.3, -0.25) is 0 Å². The summed E-state index contributed by atoms with van der Waals surface area (Å²) >= 11 is 16.3. The minimum Gasteiger partial charge on any atom is -0.386 e. The predicted molar refractivity (Wildman–Crippen MR) is 87.9 cm³/mol. The van der Waals surface area contributed by atoms with Crippen LogP contribution in [0.3, 0.4) is 0 Å². The molecule has 0 unspecified atom stereocenters. The SMILES string of the molecule is CC.N#COc1cc(Sc2ncc(Cl)cn2)c(Br)cc1Cl. The van der Waals surface area contributed by atoms with Crippen molar-refractivity contribution in [3.63, 3.8) is 0 Å². The summed E-state index contributed by atoms with van der Waals surface area (Å²) in [5.41, 5.74) is 0. The number of nitriles is 1. The maximum absolute atomic E-state index is 8.54. The molecule has 1 aromatic carbocycles. The number of nitrogens with zero attached hydrogens (tertiary/aromatic N) is 3. The largest absolute Gasteiger partial charge is 0.386 e. The monoisotopic (exact) mass is 405 g/mol. The second kappa shape index (κ2) is 9.11. The van der Waals surface area contributed by atoms with Crippen molar-refractivity contribution >= 4 is 50.9 Å². The molecule has 1 heterocycles. The Kier molecular flexibility index (Phi) is 7.83. The molecule has 0 aliphatic heterocycles. The number of aromatic nitrogens is 2. The fraction of sp³-hybridized carbons (Fsp3) is 0.154. The van der Waals surface area contributed by atoms with Crippen LogP contribution in [0.15, 0.2) is 39.1 Å². The van der Waals surface area contributed by atoms with Crippen LogP contribution in [-0.2, 0) is 0 Å². The first-order chi connectivity index (χ1) is 10.1. The van der Waals surface area contributed by atoms with Crippen LogP contribution in [0.25, 0.3) is 0 Å². The first-order valence-electron chi connectivity index (χ1n) is 5.80. The molecule has 0 saturated heterocycles. The van der Waals surface area contributed by atoms with E-state index in [2.05, 4.69) is 25.9 Å². The topological polar surface area (TPSA) is 58.8 Å². The van der Waals surface area contributed by atoms with Gasteiger partial charge in [0.1, 0.15) is 0 Å². The lowest BCUT2D eigenvalue weighted by Gasteiger charge is -2.06.